The number of aliphatic hydroxyl groups excluding tert-OH is 1. The lowest BCUT2D eigenvalue weighted by Gasteiger charge is -2.32. The van der Waals surface area contributed by atoms with E-state index in [2.05, 4.69) is 26.1 Å². The minimum atomic E-state index is -1.69. The Kier molecular flexibility index (Phi) is 6.45. The molecule has 4 heteroatoms. The molecule has 0 heterocycles. The highest BCUT2D eigenvalue weighted by molar-refractivity contribution is 6.79. The van der Waals surface area contributed by atoms with Gasteiger partial charge in [-0.2, -0.15) is 5.26 Å². The molecule has 15 heavy (non-hydrogen) atoms. The molecule has 0 amide bonds. The predicted molar refractivity (Wildman–Crippen MR) is 62.9 cm³/mol. The van der Waals surface area contributed by atoms with Crippen LogP contribution < -0.4 is 0 Å². The molecule has 0 fully saturated rings. The molecule has 0 rings (SSSR count). The molecule has 0 aromatic heterocycles. The van der Waals surface area contributed by atoms with Gasteiger partial charge < -0.3 is 5.11 Å². The van der Waals surface area contributed by atoms with Crippen LogP contribution >= 0.6 is 0 Å². The third kappa shape index (κ3) is 4.58. The number of aliphatic hydroxyl groups is 1. The Labute approximate surface area is 93.1 Å². The van der Waals surface area contributed by atoms with Gasteiger partial charge >= 0.3 is 0 Å². The van der Waals surface area contributed by atoms with Crippen molar-refractivity contribution in [3.8, 4) is 6.07 Å². The van der Waals surface area contributed by atoms with Crippen LogP contribution in [0.1, 0.15) is 26.2 Å². The lowest BCUT2D eigenvalue weighted by Crippen LogP contribution is -2.39. The predicted octanol–water partition coefficient (Wildman–Crippen LogP) is 2.25. The summed E-state index contributed by atoms with van der Waals surface area (Å²) < 4.78 is 0. The molecule has 0 spiro atoms. The van der Waals surface area contributed by atoms with Crippen LogP contribution in [0, 0.1) is 11.3 Å². The van der Waals surface area contributed by atoms with E-state index in [0.717, 1.165) is 18.9 Å². The van der Waals surface area contributed by atoms with Gasteiger partial charge in [-0.3, -0.25) is 4.79 Å². The lowest BCUT2D eigenvalue weighted by atomic mass is 10.2. The standard InChI is InChI=1S/C11H20NO2Si/c1-4-5-8-15(2,3)11(6-7-12)10(14)9-13/h10-11,14H,4-6,8H2,1-3H3/t10?,11-/m1/s1. The van der Waals surface area contributed by atoms with Crippen LogP contribution in [0.4, 0.5) is 0 Å². The van der Waals surface area contributed by atoms with Crippen molar-refractivity contribution in [3.05, 3.63) is 0 Å². The smallest absolute Gasteiger partial charge is 0.229 e. The van der Waals surface area contributed by atoms with Gasteiger partial charge in [-0.15, -0.1) is 0 Å². The van der Waals surface area contributed by atoms with E-state index in [9.17, 15) is 9.90 Å². The van der Waals surface area contributed by atoms with Crippen molar-refractivity contribution in [2.45, 2.75) is 57.0 Å². The van der Waals surface area contributed by atoms with Crippen LogP contribution in [-0.4, -0.2) is 25.6 Å². The largest absolute Gasteiger partial charge is 0.385 e. The van der Waals surface area contributed by atoms with Gasteiger partial charge in [-0.1, -0.05) is 38.9 Å². The van der Waals surface area contributed by atoms with Gasteiger partial charge in [0.15, 0.2) is 0 Å². The summed E-state index contributed by atoms with van der Waals surface area (Å²) in [6.07, 6.45) is 3.02. The van der Waals surface area contributed by atoms with Gasteiger partial charge in [0.05, 0.1) is 14.1 Å². The molecular weight excluding hydrogens is 206 g/mol. The van der Waals surface area contributed by atoms with E-state index in [1.54, 1.807) is 6.29 Å². The van der Waals surface area contributed by atoms with Gasteiger partial charge in [0.25, 0.3) is 0 Å². The molecule has 0 aromatic rings. The molecule has 0 saturated heterocycles. The topological polar surface area (TPSA) is 61.1 Å². The zero-order valence-corrected chi connectivity index (χ0v) is 10.8. The SMILES string of the molecule is CCCC[Si](C)(C)[C@H](CC#N)C(O)[C]=O. The molecule has 0 saturated carbocycles. The second-order valence-corrected chi connectivity index (χ2v) is 9.84. The number of nitriles is 1. The highest BCUT2D eigenvalue weighted by Gasteiger charge is 2.36. The van der Waals surface area contributed by atoms with Gasteiger partial charge in [0.2, 0.25) is 6.29 Å². The second kappa shape index (κ2) is 6.75. The first kappa shape index (κ1) is 14.3. The van der Waals surface area contributed by atoms with E-state index in [-0.39, 0.29) is 12.0 Å². The molecule has 0 aromatic carbocycles. The van der Waals surface area contributed by atoms with E-state index in [0.29, 0.717) is 0 Å². The average Bonchev–Trinajstić information content (AvgIpc) is 2.21. The summed E-state index contributed by atoms with van der Waals surface area (Å²) in [5, 5.41) is 18.2. The molecule has 85 valence electrons. The molecule has 1 unspecified atom stereocenters. The zero-order chi connectivity index (χ0) is 11.9. The molecule has 2 atom stereocenters. The van der Waals surface area contributed by atoms with Crippen LogP contribution in [0.15, 0.2) is 0 Å². The maximum Gasteiger partial charge on any atom is 0.229 e. The molecule has 0 aliphatic heterocycles. The molecule has 0 aliphatic carbocycles. The fourth-order valence-electron chi connectivity index (χ4n) is 1.81. The monoisotopic (exact) mass is 226 g/mol. The summed E-state index contributed by atoms with van der Waals surface area (Å²) >= 11 is 0. The van der Waals surface area contributed by atoms with Crippen molar-refractivity contribution >= 4 is 14.4 Å². The molecule has 3 nitrogen and oxygen atoms in total. The average molecular weight is 226 g/mol. The Morgan fingerprint density at radius 3 is 2.47 bits per heavy atom. The highest BCUT2D eigenvalue weighted by Crippen LogP contribution is 2.32. The van der Waals surface area contributed by atoms with E-state index >= 15 is 0 Å². The Bertz CT molecular complexity index is 235. The maximum absolute atomic E-state index is 10.5. The van der Waals surface area contributed by atoms with Crippen molar-refractivity contribution in [2.75, 3.05) is 0 Å². The Balaban J connectivity index is 4.58. The minimum Gasteiger partial charge on any atom is -0.385 e. The summed E-state index contributed by atoms with van der Waals surface area (Å²) in [5.74, 6) is 0. The van der Waals surface area contributed by atoms with Crippen LogP contribution in [0.25, 0.3) is 0 Å². The number of hydrogen-bond donors (Lipinski definition) is 1. The first-order valence-electron chi connectivity index (χ1n) is 5.42. The van der Waals surface area contributed by atoms with Crippen LogP contribution in [0.2, 0.25) is 24.7 Å². The quantitative estimate of drug-likeness (QED) is 0.677. The van der Waals surface area contributed by atoms with Crippen LogP contribution in [0.3, 0.4) is 0 Å². The Hall–Kier alpha value is -0.663. The number of hydrogen-bond acceptors (Lipinski definition) is 3. The van der Waals surface area contributed by atoms with Gasteiger partial charge in [0, 0.05) is 12.0 Å². The highest BCUT2D eigenvalue weighted by atomic mass is 28.3. The summed E-state index contributed by atoms with van der Waals surface area (Å²) in [5.41, 5.74) is -0.174. The number of carbonyl (C=O) groups excluding carboxylic acids is 1. The second-order valence-electron chi connectivity index (χ2n) is 4.62. The summed E-state index contributed by atoms with van der Waals surface area (Å²) in [4.78, 5) is 10.5. The number of rotatable bonds is 7. The molecule has 1 N–H and O–H groups in total. The van der Waals surface area contributed by atoms with E-state index < -0.39 is 14.2 Å². The van der Waals surface area contributed by atoms with Crippen LogP contribution in [0.5, 0.6) is 0 Å². The molecular formula is C11H20NO2Si. The lowest BCUT2D eigenvalue weighted by molar-refractivity contribution is 0.222. The number of unbranched alkanes of at least 4 members (excludes halogenated alkanes) is 1. The first-order valence-corrected chi connectivity index (χ1v) is 8.70. The minimum absolute atomic E-state index is 0.174. The fourth-order valence-corrected chi connectivity index (χ4v) is 5.02. The van der Waals surface area contributed by atoms with Crippen LogP contribution in [-0.2, 0) is 4.79 Å². The van der Waals surface area contributed by atoms with E-state index in [1.165, 1.54) is 0 Å². The first-order chi connectivity index (χ1) is 6.99. The Morgan fingerprint density at radius 1 is 1.47 bits per heavy atom. The normalized spacial score (nSPS) is 15.4. The molecule has 1 radical (unpaired) electrons. The maximum atomic E-state index is 10.5. The summed E-state index contributed by atoms with van der Waals surface area (Å²) in [6, 6.07) is 3.11. The van der Waals surface area contributed by atoms with Gasteiger partial charge in [-0.25, -0.2) is 0 Å². The summed E-state index contributed by atoms with van der Waals surface area (Å²) in [7, 11) is -1.69. The fraction of sp³-hybridized carbons (Fsp3) is 0.818. The van der Waals surface area contributed by atoms with E-state index in [4.69, 9.17) is 5.26 Å². The van der Waals surface area contributed by atoms with Crippen molar-refractivity contribution in [1.29, 1.82) is 5.26 Å². The van der Waals surface area contributed by atoms with Crippen molar-refractivity contribution < 1.29 is 9.90 Å². The van der Waals surface area contributed by atoms with Gasteiger partial charge in [0.1, 0.15) is 6.10 Å². The molecule has 0 aliphatic rings. The Morgan fingerprint density at radius 2 is 2.07 bits per heavy atom. The van der Waals surface area contributed by atoms with Crippen molar-refractivity contribution in [1.82, 2.24) is 0 Å². The third-order valence-corrected chi connectivity index (χ3v) is 7.16. The number of nitrogens with zero attached hydrogens (tertiary/aromatic N) is 1. The summed E-state index contributed by atoms with van der Waals surface area (Å²) in [6.45, 7) is 6.38. The van der Waals surface area contributed by atoms with Crippen molar-refractivity contribution in [3.63, 3.8) is 0 Å². The van der Waals surface area contributed by atoms with E-state index in [1.807, 2.05) is 0 Å². The van der Waals surface area contributed by atoms with Crippen molar-refractivity contribution in [2.24, 2.45) is 0 Å². The zero-order valence-electron chi connectivity index (χ0n) is 9.79. The third-order valence-electron chi connectivity index (χ3n) is 2.99. The van der Waals surface area contributed by atoms with Gasteiger partial charge in [-0.05, 0) is 0 Å². The molecule has 0 bridgehead atoms.